The highest BCUT2D eigenvalue weighted by Gasteiger charge is 2.41. The van der Waals surface area contributed by atoms with E-state index in [-0.39, 0.29) is 62.4 Å². The highest BCUT2D eigenvalue weighted by Crippen LogP contribution is 2.44. The van der Waals surface area contributed by atoms with E-state index in [4.69, 9.17) is 19.1 Å². The zero-order chi connectivity index (χ0) is 39.4. The number of hydrogen-bond acceptors (Lipinski definition) is 10. The summed E-state index contributed by atoms with van der Waals surface area (Å²) in [5, 5.41) is 4.72. The van der Waals surface area contributed by atoms with Crippen molar-refractivity contribution in [2.75, 3.05) is 23.4 Å². The molecule has 0 bridgehead atoms. The van der Waals surface area contributed by atoms with Crippen LogP contribution in [0.3, 0.4) is 0 Å². The zero-order valence-electron chi connectivity index (χ0n) is 30.6. The number of rotatable bonds is 17. The summed E-state index contributed by atoms with van der Waals surface area (Å²) < 4.78 is 35.1. The van der Waals surface area contributed by atoms with Gasteiger partial charge in [0.2, 0.25) is 23.2 Å². The van der Waals surface area contributed by atoms with Gasteiger partial charge in [0.1, 0.15) is 5.69 Å². The summed E-state index contributed by atoms with van der Waals surface area (Å²) in [5.74, 6) is -2.22. The van der Waals surface area contributed by atoms with Crippen LogP contribution in [0.1, 0.15) is 73.1 Å². The van der Waals surface area contributed by atoms with Crippen LogP contribution >= 0.6 is 16.1 Å². The molecular formula is C35H45BN6O10P2. The SMILES string of the molecule is Cc1ccccc1N(C(=O)CNC(=O)c1cnccn1)[C@H](CC(C)C)B1OCc2ccc(N(C)C(=O)CCCCC(=O)NC(P=O)P(=O)(O)O)cc2CO1. The van der Waals surface area contributed by atoms with Gasteiger partial charge in [-0.1, -0.05) is 38.1 Å². The second kappa shape index (κ2) is 19.8. The van der Waals surface area contributed by atoms with Gasteiger partial charge in [0.15, 0.2) is 8.46 Å². The lowest BCUT2D eigenvalue weighted by atomic mass is 9.72. The molecule has 16 nitrogen and oxygen atoms in total. The molecule has 19 heteroatoms. The molecule has 0 saturated carbocycles. The molecule has 0 fully saturated rings. The van der Waals surface area contributed by atoms with E-state index in [0.29, 0.717) is 24.2 Å². The van der Waals surface area contributed by atoms with Gasteiger partial charge in [-0.3, -0.25) is 33.3 Å². The molecule has 0 aliphatic carbocycles. The molecule has 1 aliphatic heterocycles. The van der Waals surface area contributed by atoms with E-state index in [1.54, 1.807) is 18.0 Å². The number of carbonyl (C=O) groups is 4. The maximum Gasteiger partial charge on any atom is 0.482 e. The number of nitrogens with zero attached hydrogens (tertiary/aromatic N) is 4. The number of nitrogens with one attached hydrogen (secondary N) is 2. The quantitative estimate of drug-likeness (QED) is 0.0864. The van der Waals surface area contributed by atoms with Crippen LogP contribution in [0.4, 0.5) is 11.4 Å². The van der Waals surface area contributed by atoms with E-state index in [9.17, 15) is 28.3 Å². The summed E-state index contributed by atoms with van der Waals surface area (Å²) in [6.07, 6.45) is 5.33. The summed E-state index contributed by atoms with van der Waals surface area (Å²) >= 11 is 0. The predicted molar refractivity (Wildman–Crippen MR) is 202 cm³/mol. The van der Waals surface area contributed by atoms with Crippen molar-refractivity contribution in [2.45, 2.75) is 77.6 Å². The van der Waals surface area contributed by atoms with E-state index in [2.05, 4.69) is 20.6 Å². The Bertz CT molecular complexity index is 1850. The van der Waals surface area contributed by atoms with Gasteiger partial charge in [0.05, 0.1) is 31.9 Å². The molecule has 0 spiro atoms. The van der Waals surface area contributed by atoms with Crippen LogP contribution in [-0.4, -0.2) is 75.6 Å². The van der Waals surface area contributed by atoms with Crippen LogP contribution in [-0.2, 0) is 46.0 Å². The fraction of sp³-hybridized carbons (Fsp3) is 0.429. The fourth-order valence-electron chi connectivity index (χ4n) is 5.87. The first-order valence-electron chi connectivity index (χ1n) is 17.4. The number of para-hydroxylation sites is 1. The highest BCUT2D eigenvalue weighted by atomic mass is 31.2. The van der Waals surface area contributed by atoms with Crippen LogP contribution < -0.4 is 20.4 Å². The second-order valence-corrected chi connectivity index (χ2v) is 16.1. The number of benzene rings is 2. The van der Waals surface area contributed by atoms with Crippen LogP contribution in [0.15, 0.2) is 61.1 Å². The Balaban J connectivity index is 1.44. The van der Waals surface area contributed by atoms with Gasteiger partial charge in [-0.05, 0) is 67.0 Å². The molecule has 2 aromatic carbocycles. The Morgan fingerprint density at radius 2 is 1.70 bits per heavy atom. The lowest BCUT2D eigenvalue weighted by Gasteiger charge is -2.36. The van der Waals surface area contributed by atoms with E-state index >= 15 is 0 Å². The van der Waals surface area contributed by atoms with Gasteiger partial charge in [0, 0.05) is 43.7 Å². The van der Waals surface area contributed by atoms with Gasteiger partial charge in [-0.15, -0.1) is 0 Å². The number of amides is 4. The fourth-order valence-corrected chi connectivity index (χ4v) is 6.87. The van der Waals surface area contributed by atoms with E-state index < -0.39 is 46.5 Å². The molecule has 2 atom stereocenters. The van der Waals surface area contributed by atoms with E-state index in [1.807, 2.05) is 57.2 Å². The average Bonchev–Trinajstić information content (AvgIpc) is 3.36. The van der Waals surface area contributed by atoms with Gasteiger partial charge < -0.3 is 39.5 Å². The van der Waals surface area contributed by atoms with Crippen LogP contribution in [0.2, 0.25) is 0 Å². The Kier molecular flexibility index (Phi) is 15.5. The number of anilines is 2. The van der Waals surface area contributed by atoms with Crippen molar-refractivity contribution in [3.63, 3.8) is 0 Å². The largest absolute Gasteiger partial charge is 0.482 e. The topological polar surface area (TPSA) is 218 Å². The van der Waals surface area contributed by atoms with Crippen molar-refractivity contribution in [2.24, 2.45) is 5.92 Å². The average molecular weight is 783 g/mol. The van der Waals surface area contributed by atoms with Crippen LogP contribution in [0.5, 0.6) is 0 Å². The van der Waals surface area contributed by atoms with Gasteiger partial charge >= 0.3 is 14.7 Å². The third kappa shape index (κ3) is 11.8. The smallest absolute Gasteiger partial charge is 0.406 e. The number of fused-ring (bicyclic) bond motifs is 1. The Labute approximate surface area is 315 Å². The number of hydrogen-bond donors (Lipinski definition) is 4. The standard InChI is InChI=1S/C35H45BN6O10P2/c1-23(2)17-30(42(29-10-6-5-9-24(29)3)33(45)20-39-34(46)28-19-37-15-16-38-28)36-51-21-25-13-14-27(18-26(25)22-52-36)41(4)32(44)12-8-7-11-31(43)40-35(53-47)54(48,49)50/h5-6,9-10,13-16,18-19,23,30,35H,7-8,11-12,17,20-22H2,1-4H3,(H,39,46)(H,40,43)(H2,48,49,50)/t30-,35?/m1/s1. The van der Waals surface area contributed by atoms with Gasteiger partial charge in [0.25, 0.3) is 5.91 Å². The van der Waals surface area contributed by atoms with Gasteiger partial charge in [-0.2, -0.15) is 0 Å². The molecule has 3 aromatic rings. The normalized spacial score (nSPS) is 14.1. The molecular weight excluding hydrogens is 737 g/mol. The van der Waals surface area contributed by atoms with E-state index in [0.717, 1.165) is 16.7 Å². The summed E-state index contributed by atoms with van der Waals surface area (Å²) in [6, 6.07) is 13.0. The molecule has 4 rings (SSSR count). The maximum absolute atomic E-state index is 14.1. The van der Waals surface area contributed by atoms with Crippen LogP contribution in [0, 0.1) is 12.8 Å². The minimum atomic E-state index is -4.76. The van der Waals surface area contributed by atoms with Crippen molar-refractivity contribution >= 4 is 58.2 Å². The summed E-state index contributed by atoms with van der Waals surface area (Å²) in [6.45, 7) is 6.00. The Morgan fingerprint density at radius 1 is 1.00 bits per heavy atom. The third-order valence-corrected chi connectivity index (χ3v) is 11.0. The second-order valence-electron chi connectivity index (χ2n) is 13.3. The number of aryl methyl sites for hydroxylation is 1. The van der Waals surface area contributed by atoms with Crippen molar-refractivity contribution in [1.82, 2.24) is 20.6 Å². The molecule has 4 N–H and O–H groups in total. The summed E-state index contributed by atoms with van der Waals surface area (Å²) in [7, 11) is -4.86. The first-order valence-corrected chi connectivity index (χ1v) is 20.0. The molecule has 4 amide bonds. The lowest BCUT2D eigenvalue weighted by Crippen LogP contribution is -2.55. The molecule has 1 aliphatic rings. The van der Waals surface area contributed by atoms with Crippen molar-refractivity contribution in [3.05, 3.63) is 83.4 Å². The molecule has 54 heavy (non-hydrogen) atoms. The Hall–Kier alpha value is -4.37. The lowest BCUT2D eigenvalue weighted by molar-refractivity contribution is -0.122. The number of aromatic nitrogens is 2. The molecule has 1 aromatic heterocycles. The maximum atomic E-state index is 14.1. The monoisotopic (exact) mass is 782 g/mol. The molecule has 1 unspecified atom stereocenters. The van der Waals surface area contributed by atoms with Crippen molar-refractivity contribution < 1.29 is 47.4 Å². The minimum absolute atomic E-state index is 0.0875. The van der Waals surface area contributed by atoms with Crippen molar-refractivity contribution in [1.29, 1.82) is 0 Å². The molecule has 0 radical (unpaired) electrons. The highest BCUT2D eigenvalue weighted by molar-refractivity contribution is 7.61. The minimum Gasteiger partial charge on any atom is -0.406 e. The summed E-state index contributed by atoms with van der Waals surface area (Å²) in [5.41, 5.74) is 2.07. The third-order valence-electron chi connectivity index (χ3n) is 8.71. The van der Waals surface area contributed by atoms with Crippen LogP contribution in [0.25, 0.3) is 0 Å². The summed E-state index contributed by atoms with van der Waals surface area (Å²) in [4.78, 5) is 81.3. The molecule has 0 saturated heterocycles. The number of carbonyl (C=O) groups excluding carboxylic acids is 4. The van der Waals surface area contributed by atoms with Crippen molar-refractivity contribution in [3.8, 4) is 0 Å². The Morgan fingerprint density at radius 3 is 2.35 bits per heavy atom. The predicted octanol–water partition coefficient (Wildman–Crippen LogP) is 4.13. The molecule has 2 heterocycles. The first-order chi connectivity index (χ1) is 25.7. The van der Waals surface area contributed by atoms with Gasteiger partial charge in [-0.25, -0.2) is 4.98 Å². The zero-order valence-corrected chi connectivity index (χ0v) is 32.4. The van der Waals surface area contributed by atoms with E-state index in [1.165, 1.54) is 23.5 Å². The molecule has 288 valence electrons. The number of unbranched alkanes of at least 4 members (excludes halogenated alkanes) is 1. The first kappa shape index (κ1) is 42.4.